The van der Waals surface area contributed by atoms with Crippen LogP contribution in [0.3, 0.4) is 0 Å². The minimum Gasteiger partial charge on any atom is -0.493 e. The topological polar surface area (TPSA) is 73.3 Å². The van der Waals surface area contributed by atoms with Gasteiger partial charge in [0.2, 0.25) is 0 Å². The fourth-order valence-corrected chi connectivity index (χ4v) is 3.20. The summed E-state index contributed by atoms with van der Waals surface area (Å²) in [6.45, 7) is 7.34. The van der Waals surface area contributed by atoms with E-state index >= 15 is 0 Å². The largest absolute Gasteiger partial charge is 0.493 e. The summed E-state index contributed by atoms with van der Waals surface area (Å²) in [5, 5.41) is 6.73. The third-order valence-corrected chi connectivity index (χ3v) is 4.90. The summed E-state index contributed by atoms with van der Waals surface area (Å²) in [5.74, 6) is 3.16. The maximum absolute atomic E-state index is 5.88. The molecule has 0 aliphatic rings. The van der Waals surface area contributed by atoms with Crippen LogP contribution in [0.5, 0.6) is 17.2 Å². The molecule has 0 aliphatic carbocycles. The van der Waals surface area contributed by atoms with Crippen molar-refractivity contribution in [2.24, 2.45) is 4.99 Å². The third-order valence-electron chi connectivity index (χ3n) is 4.90. The van der Waals surface area contributed by atoms with Crippen molar-refractivity contribution in [1.29, 1.82) is 0 Å². The highest BCUT2D eigenvalue weighted by atomic mass is 16.5. The van der Waals surface area contributed by atoms with E-state index in [1.807, 2.05) is 18.2 Å². The molecule has 0 spiro atoms. The van der Waals surface area contributed by atoms with Crippen molar-refractivity contribution in [1.82, 2.24) is 10.6 Å². The van der Waals surface area contributed by atoms with E-state index in [1.54, 1.807) is 21.3 Å². The minimum absolute atomic E-state index is 0.519. The molecule has 0 atom stereocenters. The monoisotopic (exact) mass is 443 g/mol. The SMILES string of the molecule is CCNC(=NCc1ccc(C)cc1OCCOC)NCCCc1ccc(OC)c(OC)c1. The molecule has 2 rings (SSSR count). The van der Waals surface area contributed by atoms with E-state index in [1.165, 1.54) is 5.56 Å². The van der Waals surface area contributed by atoms with Gasteiger partial charge in [0.05, 0.1) is 27.4 Å². The molecule has 0 aliphatic heterocycles. The lowest BCUT2D eigenvalue weighted by molar-refractivity contribution is 0.145. The van der Waals surface area contributed by atoms with Crippen LogP contribution in [0.2, 0.25) is 0 Å². The van der Waals surface area contributed by atoms with Gasteiger partial charge in [0.1, 0.15) is 12.4 Å². The van der Waals surface area contributed by atoms with Crippen LogP contribution in [-0.2, 0) is 17.7 Å². The molecule has 0 amide bonds. The number of guanidine groups is 1. The van der Waals surface area contributed by atoms with Crippen LogP contribution in [0.1, 0.15) is 30.0 Å². The zero-order valence-electron chi connectivity index (χ0n) is 20.0. The highest BCUT2D eigenvalue weighted by Gasteiger charge is 2.07. The fraction of sp³-hybridized carbons (Fsp3) is 0.480. The molecule has 0 fully saturated rings. The maximum atomic E-state index is 5.88. The van der Waals surface area contributed by atoms with E-state index in [0.29, 0.717) is 19.8 Å². The molecule has 7 nitrogen and oxygen atoms in total. The highest BCUT2D eigenvalue weighted by Crippen LogP contribution is 2.28. The molecule has 32 heavy (non-hydrogen) atoms. The Kier molecular flexibility index (Phi) is 11.2. The summed E-state index contributed by atoms with van der Waals surface area (Å²) in [6, 6.07) is 12.2. The van der Waals surface area contributed by atoms with Crippen LogP contribution in [-0.4, -0.2) is 53.6 Å². The number of aliphatic imine (C=N–C) groups is 1. The predicted molar refractivity (Wildman–Crippen MR) is 129 cm³/mol. The number of hydrogen-bond acceptors (Lipinski definition) is 5. The van der Waals surface area contributed by atoms with Crippen molar-refractivity contribution < 1.29 is 18.9 Å². The normalized spacial score (nSPS) is 11.2. The average Bonchev–Trinajstić information content (AvgIpc) is 2.81. The first-order chi connectivity index (χ1) is 15.6. The Balaban J connectivity index is 1.92. The zero-order valence-corrected chi connectivity index (χ0v) is 20.0. The molecule has 0 bridgehead atoms. The van der Waals surface area contributed by atoms with Crippen molar-refractivity contribution in [3.63, 3.8) is 0 Å². The first-order valence-electron chi connectivity index (χ1n) is 11.1. The van der Waals surface area contributed by atoms with E-state index in [4.69, 9.17) is 23.9 Å². The summed E-state index contributed by atoms with van der Waals surface area (Å²) in [4.78, 5) is 4.74. The number of hydrogen-bond donors (Lipinski definition) is 2. The summed E-state index contributed by atoms with van der Waals surface area (Å²) in [7, 11) is 4.98. The molecule has 2 aromatic rings. The average molecular weight is 444 g/mol. The number of nitrogens with zero attached hydrogens (tertiary/aromatic N) is 1. The van der Waals surface area contributed by atoms with Gasteiger partial charge in [-0.05, 0) is 56.0 Å². The molecule has 0 radical (unpaired) electrons. The van der Waals surface area contributed by atoms with Crippen LogP contribution in [0.4, 0.5) is 0 Å². The van der Waals surface area contributed by atoms with Crippen LogP contribution >= 0.6 is 0 Å². The van der Waals surface area contributed by atoms with Crippen molar-refractivity contribution in [2.45, 2.75) is 33.2 Å². The second kappa shape index (κ2) is 14.2. The van der Waals surface area contributed by atoms with Gasteiger partial charge in [0.15, 0.2) is 17.5 Å². The molecule has 0 aromatic heterocycles. The molecular weight excluding hydrogens is 406 g/mol. The van der Waals surface area contributed by atoms with Crippen molar-refractivity contribution in [3.05, 3.63) is 53.1 Å². The Morgan fingerprint density at radius 2 is 1.72 bits per heavy atom. The van der Waals surface area contributed by atoms with Gasteiger partial charge in [-0.15, -0.1) is 0 Å². The molecule has 0 saturated carbocycles. The molecule has 176 valence electrons. The van der Waals surface area contributed by atoms with Gasteiger partial charge in [-0.2, -0.15) is 0 Å². The molecule has 2 N–H and O–H groups in total. The van der Waals surface area contributed by atoms with Gasteiger partial charge in [-0.25, -0.2) is 4.99 Å². The van der Waals surface area contributed by atoms with Gasteiger partial charge in [-0.1, -0.05) is 18.2 Å². The van der Waals surface area contributed by atoms with Gasteiger partial charge < -0.3 is 29.6 Å². The lowest BCUT2D eigenvalue weighted by Crippen LogP contribution is -2.37. The highest BCUT2D eigenvalue weighted by molar-refractivity contribution is 5.79. The van der Waals surface area contributed by atoms with Gasteiger partial charge in [0, 0.05) is 25.8 Å². The first kappa shape index (κ1) is 25.3. The minimum atomic E-state index is 0.519. The quantitative estimate of drug-likeness (QED) is 0.279. The smallest absolute Gasteiger partial charge is 0.191 e. The van der Waals surface area contributed by atoms with E-state index in [9.17, 15) is 0 Å². The Morgan fingerprint density at radius 3 is 2.44 bits per heavy atom. The van der Waals surface area contributed by atoms with Crippen LogP contribution in [0.15, 0.2) is 41.4 Å². The molecule has 0 unspecified atom stereocenters. The van der Waals surface area contributed by atoms with Crippen molar-refractivity contribution in [3.8, 4) is 17.2 Å². The first-order valence-corrected chi connectivity index (χ1v) is 11.1. The van der Waals surface area contributed by atoms with Gasteiger partial charge in [-0.3, -0.25) is 0 Å². The zero-order chi connectivity index (χ0) is 23.2. The number of methoxy groups -OCH3 is 3. The Morgan fingerprint density at radius 1 is 0.906 bits per heavy atom. The Hall–Kier alpha value is -2.93. The van der Waals surface area contributed by atoms with Crippen molar-refractivity contribution >= 4 is 5.96 Å². The number of rotatable bonds is 13. The Labute approximate surface area is 192 Å². The molecular formula is C25H37N3O4. The lowest BCUT2D eigenvalue weighted by atomic mass is 10.1. The summed E-state index contributed by atoms with van der Waals surface area (Å²) < 4.78 is 21.7. The van der Waals surface area contributed by atoms with E-state index in [-0.39, 0.29) is 0 Å². The van der Waals surface area contributed by atoms with E-state index in [0.717, 1.165) is 60.3 Å². The second-order valence-electron chi connectivity index (χ2n) is 7.37. The van der Waals surface area contributed by atoms with Crippen LogP contribution in [0.25, 0.3) is 0 Å². The van der Waals surface area contributed by atoms with E-state index < -0.39 is 0 Å². The van der Waals surface area contributed by atoms with Gasteiger partial charge in [0.25, 0.3) is 0 Å². The van der Waals surface area contributed by atoms with Gasteiger partial charge >= 0.3 is 0 Å². The third kappa shape index (κ3) is 8.30. The molecule has 0 heterocycles. The molecule has 7 heteroatoms. The number of nitrogens with one attached hydrogen (secondary N) is 2. The standard InChI is InChI=1S/C25H37N3O4/c1-6-26-25(27-13-7-8-20-10-12-22(30-4)24(17-20)31-5)28-18-21-11-9-19(2)16-23(21)32-15-14-29-3/h9-12,16-17H,6-8,13-15,18H2,1-5H3,(H2,26,27,28). The molecule has 0 saturated heterocycles. The number of aryl methyl sites for hydroxylation is 2. The van der Waals surface area contributed by atoms with Crippen molar-refractivity contribution in [2.75, 3.05) is 47.6 Å². The molecule has 2 aromatic carbocycles. The summed E-state index contributed by atoms with van der Waals surface area (Å²) >= 11 is 0. The van der Waals surface area contributed by atoms with E-state index in [2.05, 4.69) is 42.7 Å². The predicted octanol–water partition coefficient (Wildman–Crippen LogP) is 3.73. The fourth-order valence-electron chi connectivity index (χ4n) is 3.20. The van der Waals surface area contributed by atoms with Crippen LogP contribution < -0.4 is 24.8 Å². The Bertz CT molecular complexity index is 855. The second-order valence-corrected chi connectivity index (χ2v) is 7.37. The van der Waals surface area contributed by atoms with Crippen LogP contribution in [0, 0.1) is 6.92 Å². The summed E-state index contributed by atoms with van der Waals surface area (Å²) in [6.07, 6.45) is 1.90. The number of ether oxygens (including phenoxy) is 4. The number of benzene rings is 2. The lowest BCUT2D eigenvalue weighted by Gasteiger charge is -2.14. The summed E-state index contributed by atoms with van der Waals surface area (Å²) in [5.41, 5.74) is 3.42. The maximum Gasteiger partial charge on any atom is 0.191 e.